The molecule has 0 aliphatic carbocycles. The second-order valence-corrected chi connectivity index (χ2v) is 5.70. The average Bonchev–Trinajstić information content (AvgIpc) is 2.80. The number of nitrogens with one attached hydrogen (secondary N) is 1. The predicted molar refractivity (Wildman–Crippen MR) is 72.5 cm³/mol. The van der Waals surface area contributed by atoms with E-state index in [-0.39, 0.29) is 12.2 Å². The van der Waals surface area contributed by atoms with Crippen molar-refractivity contribution in [2.45, 2.75) is 12.7 Å². The van der Waals surface area contributed by atoms with Gasteiger partial charge in [-0.2, -0.15) is 13.2 Å². The lowest BCUT2D eigenvalue weighted by Crippen LogP contribution is -2.10. The van der Waals surface area contributed by atoms with Crippen LogP contribution in [0.1, 0.15) is 10.6 Å². The Labute approximate surface area is 125 Å². The van der Waals surface area contributed by atoms with Crippen molar-refractivity contribution < 1.29 is 18.1 Å². The normalized spacial score (nSPS) is 11.4. The highest BCUT2D eigenvalue weighted by Gasteiger charge is 2.34. The van der Waals surface area contributed by atoms with Crippen LogP contribution in [0, 0.1) is 10.1 Å². The standard InChI is InChI=1S/C11H7ClF3N3O2S/c12-10-2-1-6(21-10)4-16-7-3-9(11(13,14)15)17-5-8(7)18(19)20/h1-3,5H,4H2,(H,16,17). The molecule has 0 aliphatic rings. The fourth-order valence-corrected chi connectivity index (χ4v) is 2.55. The molecule has 2 aromatic rings. The molecule has 0 fully saturated rings. The number of rotatable bonds is 4. The molecule has 21 heavy (non-hydrogen) atoms. The van der Waals surface area contributed by atoms with Crippen LogP contribution in [0.15, 0.2) is 24.4 Å². The maximum atomic E-state index is 12.6. The minimum absolute atomic E-state index is 0.125. The summed E-state index contributed by atoms with van der Waals surface area (Å²) in [4.78, 5) is 13.8. The maximum absolute atomic E-state index is 12.6. The molecule has 0 atom stereocenters. The molecule has 0 amide bonds. The van der Waals surface area contributed by atoms with E-state index in [1.54, 1.807) is 12.1 Å². The van der Waals surface area contributed by atoms with Crippen molar-refractivity contribution in [2.24, 2.45) is 0 Å². The molecule has 112 valence electrons. The predicted octanol–water partition coefficient (Wildman–Crippen LogP) is 4.34. The SMILES string of the molecule is O=[N+]([O-])c1cnc(C(F)(F)F)cc1NCc1ccc(Cl)s1. The second-order valence-electron chi connectivity index (χ2n) is 3.90. The van der Waals surface area contributed by atoms with Crippen molar-refractivity contribution in [1.29, 1.82) is 0 Å². The minimum atomic E-state index is -4.67. The van der Waals surface area contributed by atoms with E-state index in [0.717, 1.165) is 4.88 Å². The molecule has 10 heteroatoms. The van der Waals surface area contributed by atoms with Gasteiger partial charge in [-0.15, -0.1) is 11.3 Å². The Morgan fingerprint density at radius 2 is 2.14 bits per heavy atom. The van der Waals surface area contributed by atoms with Gasteiger partial charge in [0.1, 0.15) is 17.6 Å². The molecule has 0 aromatic carbocycles. The Hall–Kier alpha value is -1.87. The van der Waals surface area contributed by atoms with Crippen LogP contribution in [-0.2, 0) is 12.7 Å². The third-order valence-electron chi connectivity index (χ3n) is 2.45. The lowest BCUT2D eigenvalue weighted by molar-refractivity contribution is -0.384. The fourth-order valence-electron chi connectivity index (χ4n) is 1.52. The topological polar surface area (TPSA) is 68.1 Å². The molecule has 1 N–H and O–H groups in total. The highest BCUT2D eigenvalue weighted by molar-refractivity contribution is 7.16. The summed E-state index contributed by atoms with van der Waals surface area (Å²) < 4.78 is 38.3. The van der Waals surface area contributed by atoms with Crippen molar-refractivity contribution >= 4 is 34.3 Å². The van der Waals surface area contributed by atoms with Crippen LogP contribution in [0.2, 0.25) is 4.34 Å². The van der Waals surface area contributed by atoms with E-state index in [1.807, 2.05) is 0 Å². The van der Waals surface area contributed by atoms with Crippen LogP contribution < -0.4 is 5.32 Å². The van der Waals surface area contributed by atoms with Gasteiger partial charge in [0.15, 0.2) is 0 Å². The van der Waals surface area contributed by atoms with E-state index in [2.05, 4.69) is 10.3 Å². The van der Waals surface area contributed by atoms with Crippen molar-refractivity contribution in [3.8, 4) is 0 Å². The van der Waals surface area contributed by atoms with Gasteiger partial charge in [0.25, 0.3) is 0 Å². The number of aromatic nitrogens is 1. The summed E-state index contributed by atoms with van der Waals surface area (Å²) in [6.45, 7) is 0.125. The summed E-state index contributed by atoms with van der Waals surface area (Å²) in [7, 11) is 0. The average molecular weight is 338 g/mol. The quantitative estimate of drug-likeness (QED) is 0.665. The first-order valence-electron chi connectivity index (χ1n) is 5.47. The number of thiophene rings is 1. The van der Waals surface area contributed by atoms with Crippen molar-refractivity contribution in [2.75, 3.05) is 5.32 Å². The fraction of sp³-hybridized carbons (Fsp3) is 0.182. The summed E-state index contributed by atoms with van der Waals surface area (Å²) in [6, 6.07) is 3.93. The number of anilines is 1. The summed E-state index contributed by atoms with van der Waals surface area (Å²) in [5.41, 5.74) is -1.96. The highest BCUT2D eigenvalue weighted by Crippen LogP contribution is 2.33. The summed E-state index contributed by atoms with van der Waals surface area (Å²) in [5.74, 6) is 0. The summed E-state index contributed by atoms with van der Waals surface area (Å²) in [5, 5.41) is 13.4. The van der Waals surface area contributed by atoms with Crippen molar-refractivity contribution in [3.63, 3.8) is 0 Å². The number of nitrogens with zero attached hydrogens (tertiary/aromatic N) is 2. The summed E-state index contributed by atoms with van der Waals surface area (Å²) >= 11 is 6.96. The number of alkyl halides is 3. The van der Waals surface area contributed by atoms with Gasteiger partial charge in [0.2, 0.25) is 0 Å². The van der Waals surface area contributed by atoms with Crippen molar-refractivity contribution in [3.05, 3.63) is 49.4 Å². The van der Waals surface area contributed by atoms with E-state index < -0.39 is 22.5 Å². The molecule has 5 nitrogen and oxygen atoms in total. The Morgan fingerprint density at radius 3 is 2.67 bits per heavy atom. The molecular formula is C11H7ClF3N3O2S. The Kier molecular flexibility index (Phi) is 4.33. The van der Waals surface area contributed by atoms with Crippen LogP contribution in [0.4, 0.5) is 24.5 Å². The molecule has 0 aliphatic heterocycles. The molecule has 0 saturated heterocycles. The first-order valence-corrected chi connectivity index (χ1v) is 6.66. The van der Waals surface area contributed by atoms with E-state index in [4.69, 9.17) is 11.6 Å². The van der Waals surface area contributed by atoms with Crippen LogP contribution in [0.25, 0.3) is 0 Å². The van der Waals surface area contributed by atoms with Gasteiger partial charge in [-0.3, -0.25) is 10.1 Å². The molecule has 0 radical (unpaired) electrons. The van der Waals surface area contributed by atoms with E-state index in [0.29, 0.717) is 16.6 Å². The van der Waals surface area contributed by atoms with Gasteiger partial charge in [-0.1, -0.05) is 11.6 Å². The van der Waals surface area contributed by atoms with Gasteiger partial charge in [-0.25, -0.2) is 4.98 Å². The van der Waals surface area contributed by atoms with Gasteiger partial charge < -0.3 is 5.32 Å². The monoisotopic (exact) mass is 337 g/mol. The highest BCUT2D eigenvalue weighted by atomic mass is 35.5. The van der Waals surface area contributed by atoms with Crippen LogP contribution in [-0.4, -0.2) is 9.91 Å². The molecule has 0 bridgehead atoms. The molecule has 2 aromatic heterocycles. The number of nitro groups is 1. The smallest absolute Gasteiger partial charge is 0.374 e. The zero-order valence-corrected chi connectivity index (χ0v) is 11.7. The molecule has 0 spiro atoms. The number of hydrogen-bond acceptors (Lipinski definition) is 5. The number of pyridine rings is 1. The second kappa shape index (κ2) is 5.86. The van der Waals surface area contributed by atoms with Gasteiger partial charge >= 0.3 is 11.9 Å². The Morgan fingerprint density at radius 1 is 1.43 bits per heavy atom. The molecule has 0 unspecified atom stereocenters. The molecule has 0 saturated carbocycles. The van der Waals surface area contributed by atoms with Crippen LogP contribution in [0.3, 0.4) is 0 Å². The van der Waals surface area contributed by atoms with Crippen LogP contribution in [0.5, 0.6) is 0 Å². The van der Waals surface area contributed by atoms with Gasteiger partial charge in [0.05, 0.1) is 9.26 Å². The molecule has 2 rings (SSSR count). The van der Waals surface area contributed by atoms with Crippen LogP contribution >= 0.6 is 22.9 Å². The van der Waals surface area contributed by atoms with Gasteiger partial charge in [0, 0.05) is 11.4 Å². The third kappa shape index (κ3) is 3.82. The third-order valence-corrected chi connectivity index (χ3v) is 3.68. The van der Waals surface area contributed by atoms with Crippen molar-refractivity contribution in [1.82, 2.24) is 4.98 Å². The van der Waals surface area contributed by atoms with E-state index in [9.17, 15) is 23.3 Å². The number of halogens is 4. The zero-order valence-electron chi connectivity index (χ0n) is 10.1. The lowest BCUT2D eigenvalue weighted by atomic mass is 10.2. The molecular weight excluding hydrogens is 331 g/mol. The Bertz CT molecular complexity index is 675. The zero-order chi connectivity index (χ0) is 15.6. The first kappa shape index (κ1) is 15.5. The number of hydrogen-bond donors (Lipinski definition) is 1. The lowest BCUT2D eigenvalue weighted by Gasteiger charge is -2.09. The minimum Gasteiger partial charge on any atom is -0.374 e. The van der Waals surface area contributed by atoms with E-state index >= 15 is 0 Å². The van der Waals surface area contributed by atoms with Gasteiger partial charge in [-0.05, 0) is 18.2 Å². The summed E-state index contributed by atoms with van der Waals surface area (Å²) in [6.07, 6.45) is -4.08. The Balaban J connectivity index is 2.28. The maximum Gasteiger partial charge on any atom is 0.433 e. The largest absolute Gasteiger partial charge is 0.433 e. The van der Waals surface area contributed by atoms with E-state index in [1.165, 1.54) is 11.3 Å². The first-order chi connectivity index (χ1) is 9.77. The molecule has 2 heterocycles.